The van der Waals surface area contributed by atoms with Gasteiger partial charge in [-0.3, -0.25) is 19.7 Å². The van der Waals surface area contributed by atoms with Gasteiger partial charge in [-0.05, 0) is 49.2 Å². The number of pyridine rings is 2. The monoisotopic (exact) mass is 538 g/mol. The summed E-state index contributed by atoms with van der Waals surface area (Å²) in [5.41, 5.74) is 1.22. The van der Waals surface area contributed by atoms with Crippen LogP contribution in [-0.4, -0.2) is 53.4 Å². The second-order valence-electron chi connectivity index (χ2n) is 10.5. The van der Waals surface area contributed by atoms with Crippen LogP contribution in [0.5, 0.6) is 0 Å². The Hall–Kier alpha value is -4.04. The van der Waals surface area contributed by atoms with Crippen LogP contribution in [0.3, 0.4) is 0 Å². The summed E-state index contributed by atoms with van der Waals surface area (Å²) in [4.78, 5) is 25.0. The topological polar surface area (TPSA) is 85.2 Å². The summed E-state index contributed by atoms with van der Waals surface area (Å²) >= 11 is 0. The molecule has 4 heterocycles. The van der Waals surface area contributed by atoms with Crippen molar-refractivity contribution in [2.24, 2.45) is 5.41 Å². The summed E-state index contributed by atoms with van der Waals surface area (Å²) in [6.07, 6.45) is 1.63. The van der Waals surface area contributed by atoms with Crippen LogP contribution in [0, 0.1) is 28.4 Å². The summed E-state index contributed by atoms with van der Waals surface area (Å²) in [6, 6.07) is 10.4. The molecule has 2 aliphatic rings. The zero-order valence-electron chi connectivity index (χ0n) is 21.3. The second-order valence-corrected chi connectivity index (χ2v) is 10.5. The van der Waals surface area contributed by atoms with E-state index in [2.05, 4.69) is 31.2 Å². The molecule has 3 aromatic rings. The molecule has 1 amide bonds. The Balaban J connectivity index is 1.28. The second kappa shape index (κ2) is 9.93. The van der Waals surface area contributed by atoms with Gasteiger partial charge in [-0.2, -0.15) is 14.0 Å². The predicted octanol–water partition coefficient (Wildman–Crippen LogP) is 4.15. The highest BCUT2D eigenvalue weighted by molar-refractivity contribution is 5.80. The highest BCUT2D eigenvalue weighted by Gasteiger charge is 2.53. The fraction of sp³-hybridized carbons (Fsp3) is 0.357. The van der Waals surface area contributed by atoms with Gasteiger partial charge in [0.05, 0.1) is 23.1 Å². The number of rotatable bonds is 7. The van der Waals surface area contributed by atoms with Crippen LogP contribution < -0.4 is 10.2 Å². The van der Waals surface area contributed by atoms with Gasteiger partial charge in [-0.1, -0.05) is 12.1 Å². The molecule has 2 aliphatic heterocycles. The molecule has 2 aromatic heterocycles. The number of nitrogens with one attached hydrogen (secondary N) is 1. The molecule has 0 bridgehead atoms. The van der Waals surface area contributed by atoms with E-state index in [0.717, 1.165) is 49.6 Å². The smallest absolute Gasteiger partial charge is 0.315 e. The lowest BCUT2D eigenvalue weighted by Gasteiger charge is -2.62. The molecule has 1 N–H and O–H groups in total. The zero-order valence-corrected chi connectivity index (χ0v) is 21.3. The van der Waals surface area contributed by atoms with Gasteiger partial charge in [0.15, 0.2) is 11.6 Å². The van der Waals surface area contributed by atoms with Crippen molar-refractivity contribution < 1.29 is 22.4 Å². The number of hydrogen-bond acceptors (Lipinski definition) is 6. The largest absolute Gasteiger partial charge is 0.369 e. The third kappa shape index (κ3) is 4.92. The number of nitrogens with zero attached hydrogens (tertiary/aromatic N) is 5. The molecule has 7 nitrogen and oxygen atoms in total. The third-order valence-electron chi connectivity index (χ3n) is 7.74. The summed E-state index contributed by atoms with van der Waals surface area (Å²) in [5.74, 6) is -3.80. The molecule has 0 saturated carbocycles. The van der Waals surface area contributed by atoms with E-state index in [-0.39, 0.29) is 22.7 Å². The molecule has 11 heteroatoms. The van der Waals surface area contributed by atoms with Crippen LogP contribution in [0.2, 0.25) is 0 Å². The Labute approximate surface area is 223 Å². The molecule has 1 spiro atoms. The maximum Gasteiger partial charge on any atom is 0.315 e. The van der Waals surface area contributed by atoms with Crippen LogP contribution in [0.4, 0.5) is 23.2 Å². The number of nitriles is 1. The molecule has 2 fully saturated rings. The number of amides is 1. The van der Waals surface area contributed by atoms with Crippen molar-refractivity contribution in [1.82, 2.24) is 20.2 Å². The first-order chi connectivity index (χ1) is 18.5. The van der Waals surface area contributed by atoms with Gasteiger partial charge in [-0.25, -0.2) is 8.78 Å². The van der Waals surface area contributed by atoms with Crippen LogP contribution in [0.1, 0.15) is 42.3 Å². The number of halogens is 4. The Bertz CT molecular complexity index is 1430. The third-order valence-corrected chi connectivity index (χ3v) is 7.74. The van der Waals surface area contributed by atoms with E-state index in [1.54, 1.807) is 30.7 Å². The first kappa shape index (κ1) is 26.6. The SMILES string of the molecule is C[C@H](c1ccc([C@](C)(NC(=O)C(F)F)c2ccc(F)c(F)c2)nc1)N1CC2(CN(c3cncc(C#N)c3)C2)C1. The molecule has 2 saturated heterocycles. The minimum Gasteiger partial charge on any atom is -0.369 e. The lowest BCUT2D eigenvalue weighted by atomic mass is 9.71. The molecule has 0 aliphatic carbocycles. The predicted molar refractivity (Wildman–Crippen MR) is 135 cm³/mol. The standard InChI is InChI=1S/C28H26F4N6O/c1-17(37-13-28(14-37)15-38(16-28)21-7-18(9-33)10-34-12-21)19-3-6-24(35-11-19)27(2,36-26(39)25(31)32)20-4-5-22(29)23(30)8-20/h3-8,10-12,17,25H,13-16H2,1-2H3,(H,36,39)/t17-,27-/m1/s1. The van der Waals surface area contributed by atoms with E-state index in [4.69, 9.17) is 5.26 Å². The minimum absolute atomic E-state index is 0.0278. The highest BCUT2D eigenvalue weighted by atomic mass is 19.3. The van der Waals surface area contributed by atoms with E-state index >= 15 is 0 Å². The number of anilines is 1. The van der Waals surface area contributed by atoms with Crippen molar-refractivity contribution in [2.75, 3.05) is 31.1 Å². The molecule has 2 atom stereocenters. The van der Waals surface area contributed by atoms with E-state index in [1.807, 2.05) is 13.0 Å². The number of hydrogen-bond donors (Lipinski definition) is 1. The van der Waals surface area contributed by atoms with Crippen molar-refractivity contribution in [3.05, 3.63) is 89.0 Å². The fourth-order valence-corrected chi connectivity index (χ4v) is 5.45. The number of benzene rings is 1. The van der Waals surface area contributed by atoms with E-state index in [1.165, 1.54) is 13.0 Å². The Morgan fingerprint density at radius 1 is 1.08 bits per heavy atom. The molecule has 202 valence electrons. The molecule has 0 unspecified atom stereocenters. The average molecular weight is 539 g/mol. The number of alkyl halides is 2. The summed E-state index contributed by atoms with van der Waals surface area (Å²) in [7, 11) is 0. The molecule has 39 heavy (non-hydrogen) atoms. The van der Waals surface area contributed by atoms with Gasteiger partial charge in [0.25, 0.3) is 5.91 Å². The first-order valence-electron chi connectivity index (χ1n) is 12.4. The van der Waals surface area contributed by atoms with Gasteiger partial charge in [0, 0.05) is 50.0 Å². The van der Waals surface area contributed by atoms with E-state index in [9.17, 15) is 22.4 Å². The lowest BCUT2D eigenvalue weighted by Crippen LogP contribution is -2.72. The van der Waals surface area contributed by atoms with Gasteiger partial charge < -0.3 is 10.2 Å². The van der Waals surface area contributed by atoms with Crippen molar-refractivity contribution in [2.45, 2.75) is 31.9 Å². The maximum atomic E-state index is 14.0. The van der Waals surface area contributed by atoms with Crippen LogP contribution in [0.15, 0.2) is 55.0 Å². The molecular formula is C28H26F4N6O. The number of likely N-dealkylation sites (tertiary alicyclic amines) is 1. The normalized spacial score (nSPS) is 18.6. The molecular weight excluding hydrogens is 512 g/mol. The number of carbonyl (C=O) groups is 1. The number of carbonyl (C=O) groups excluding carboxylic acids is 1. The first-order valence-corrected chi connectivity index (χ1v) is 12.4. The van der Waals surface area contributed by atoms with Crippen LogP contribution in [-0.2, 0) is 10.3 Å². The zero-order chi connectivity index (χ0) is 27.9. The van der Waals surface area contributed by atoms with Crippen molar-refractivity contribution in [3.8, 4) is 6.07 Å². The Kier molecular flexibility index (Phi) is 6.76. The molecule has 1 aromatic carbocycles. The van der Waals surface area contributed by atoms with Crippen molar-refractivity contribution in [3.63, 3.8) is 0 Å². The van der Waals surface area contributed by atoms with E-state index < -0.39 is 29.5 Å². The molecule has 0 radical (unpaired) electrons. The Morgan fingerprint density at radius 2 is 1.82 bits per heavy atom. The van der Waals surface area contributed by atoms with Gasteiger partial charge in [-0.15, -0.1) is 0 Å². The maximum absolute atomic E-state index is 14.0. The summed E-state index contributed by atoms with van der Waals surface area (Å²) in [5, 5.41) is 11.3. The Morgan fingerprint density at radius 3 is 2.44 bits per heavy atom. The van der Waals surface area contributed by atoms with Crippen molar-refractivity contribution >= 4 is 11.6 Å². The van der Waals surface area contributed by atoms with E-state index in [0.29, 0.717) is 5.56 Å². The van der Waals surface area contributed by atoms with Crippen LogP contribution >= 0.6 is 0 Å². The average Bonchev–Trinajstić information content (AvgIpc) is 2.88. The minimum atomic E-state index is -3.29. The quantitative estimate of drug-likeness (QED) is 0.455. The lowest BCUT2D eigenvalue weighted by molar-refractivity contribution is -0.133. The van der Waals surface area contributed by atoms with Gasteiger partial charge in [0.1, 0.15) is 11.6 Å². The summed E-state index contributed by atoms with van der Waals surface area (Å²) in [6.45, 7) is 6.99. The van der Waals surface area contributed by atoms with Gasteiger partial charge in [0.2, 0.25) is 0 Å². The molecule has 5 rings (SSSR count). The fourth-order valence-electron chi connectivity index (χ4n) is 5.45. The van der Waals surface area contributed by atoms with Crippen molar-refractivity contribution in [1.29, 1.82) is 5.26 Å². The van der Waals surface area contributed by atoms with Crippen LogP contribution in [0.25, 0.3) is 0 Å². The van der Waals surface area contributed by atoms with Gasteiger partial charge >= 0.3 is 6.43 Å². The summed E-state index contributed by atoms with van der Waals surface area (Å²) < 4.78 is 53.7. The highest BCUT2D eigenvalue weighted by Crippen LogP contribution is 2.45. The number of aromatic nitrogens is 2.